The number of carboxylic acid groups (broad SMARTS) is 1. The maximum atomic E-state index is 10.8. The zero-order chi connectivity index (χ0) is 10.3. The summed E-state index contributed by atoms with van der Waals surface area (Å²) in [5, 5.41) is 9.71. The predicted octanol–water partition coefficient (Wildman–Crippen LogP) is 2.03. The molecule has 2 rings (SSSR count). The Bertz CT molecular complexity index is 519. The number of aromatic nitrogens is 2. The van der Waals surface area contributed by atoms with Gasteiger partial charge in [-0.1, -0.05) is 0 Å². The van der Waals surface area contributed by atoms with Gasteiger partial charge in [0.2, 0.25) is 0 Å². The molecular formula is C9H7BrN2O2. The van der Waals surface area contributed by atoms with Gasteiger partial charge in [-0.15, -0.1) is 0 Å². The van der Waals surface area contributed by atoms with Crippen LogP contribution in [0.5, 0.6) is 0 Å². The zero-order valence-electron chi connectivity index (χ0n) is 7.36. The second-order valence-electron chi connectivity index (χ2n) is 2.92. The summed E-state index contributed by atoms with van der Waals surface area (Å²) in [6.07, 6.45) is 1.64. The minimum atomic E-state index is -0.947. The minimum absolute atomic E-state index is 0.236. The highest BCUT2D eigenvalue weighted by atomic mass is 79.9. The molecule has 0 aliphatic heterocycles. The number of aromatic carboxylic acids is 1. The van der Waals surface area contributed by atoms with E-state index in [1.165, 1.54) is 0 Å². The van der Waals surface area contributed by atoms with E-state index in [9.17, 15) is 4.79 Å². The van der Waals surface area contributed by atoms with Gasteiger partial charge in [-0.3, -0.25) is 0 Å². The highest BCUT2D eigenvalue weighted by Crippen LogP contribution is 2.24. The van der Waals surface area contributed by atoms with Crippen LogP contribution in [0, 0.1) is 0 Å². The molecule has 5 heteroatoms. The minimum Gasteiger partial charge on any atom is -0.477 e. The largest absolute Gasteiger partial charge is 0.477 e. The molecular weight excluding hydrogens is 248 g/mol. The molecule has 0 bridgehead atoms. The second-order valence-corrected chi connectivity index (χ2v) is 3.78. The summed E-state index contributed by atoms with van der Waals surface area (Å²) in [5.74, 6) is -0.947. The number of rotatable bonds is 1. The molecule has 2 aromatic heterocycles. The van der Waals surface area contributed by atoms with Crippen LogP contribution in [0.1, 0.15) is 10.5 Å². The number of carboxylic acids is 1. The first-order chi connectivity index (χ1) is 6.61. The van der Waals surface area contributed by atoms with Gasteiger partial charge in [0.15, 0.2) is 0 Å². The second kappa shape index (κ2) is 3.09. The lowest BCUT2D eigenvalue weighted by Gasteiger charge is -1.97. The fraction of sp³-hybridized carbons (Fsp3) is 0.111. The monoisotopic (exact) mass is 254 g/mol. The summed E-state index contributed by atoms with van der Waals surface area (Å²) < 4.78 is 2.41. The van der Waals surface area contributed by atoms with Crippen molar-refractivity contribution in [3.05, 3.63) is 28.5 Å². The smallest absolute Gasteiger partial charge is 0.352 e. The fourth-order valence-corrected chi connectivity index (χ4v) is 1.80. The van der Waals surface area contributed by atoms with Gasteiger partial charge in [-0.05, 0) is 28.1 Å². The van der Waals surface area contributed by atoms with Crippen molar-refractivity contribution >= 4 is 32.9 Å². The van der Waals surface area contributed by atoms with Crippen LogP contribution in [0.2, 0.25) is 0 Å². The molecule has 2 heterocycles. The fourth-order valence-electron chi connectivity index (χ4n) is 1.39. The molecule has 0 saturated heterocycles. The molecule has 4 nitrogen and oxygen atoms in total. The highest BCUT2D eigenvalue weighted by Gasteiger charge is 2.13. The molecule has 0 saturated carbocycles. The van der Waals surface area contributed by atoms with Gasteiger partial charge in [0, 0.05) is 23.1 Å². The number of hydrogen-bond acceptors (Lipinski definition) is 2. The van der Waals surface area contributed by atoms with Crippen molar-refractivity contribution in [2.75, 3.05) is 0 Å². The average molecular weight is 255 g/mol. The summed E-state index contributed by atoms with van der Waals surface area (Å²) in [6, 6.07) is 3.39. The third kappa shape index (κ3) is 1.21. The van der Waals surface area contributed by atoms with Crippen molar-refractivity contribution in [3.63, 3.8) is 0 Å². The van der Waals surface area contributed by atoms with E-state index >= 15 is 0 Å². The van der Waals surface area contributed by atoms with Crippen molar-refractivity contribution < 1.29 is 9.90 Å². The molecule has 0 fully saturated rings. The van der Waals surface area contributed by atoms with E-state index in [0.29, 0.717) is 5.65 Å². The van der Waals surface area contributed by atoms with Crippen molar-refractivity contribution in [2.45, 2.75) is 0 Å². The standard InChI is InChI=1S/C9H7BrN2O2/c1-12-7(9(13)14)4-5-6(10)2-3-11-8(5)12/h2-4H,1H3,(H,13,14). The molecule has 72 valence electrons. The average Bonchev–Trinajstić information content (AvgIpc) is 2.46. The number of halogens is 1. The highest BCUT2D eigenvalue weighted by molar-refractivity contribution is 9.10. The van der Waals surface area contributed by atoms with E-state index in [1.807, 2.05) is 0 Å². The number of pyridine rings is 1. The molecule has 14 heavy (non-hydrogen) atoms. The third-order valence-electron chi connectivity index (χ3n) is 2.10. The van der Waals surface area contributed by atoms with Crippen molar-refractivity contribution in [2.24, 2.45) is 7.05 Å². The lowest BCUT2D eigenvalue weighted by atomic mass is 10.3. The molecule has 0 unspecified atom stereocenters. The van der Waals surface area contributed by atoms with Gasteiger partial charge in [-0.2, -0.15) is 0 Å². The molecule has 0 atom stereocenters. The molecule has 0 aliphatic carbocycles. The van der Waals surface area contributed by atoms with E-state index in [1.54, 1.807) is 29.9 Å². The topological polar surface area (TPSA) is 55.1 Å². The maximum Gasteiger partial charge on any atom is 0.352 e. The molecule has 0 aromatic carbocycles. The number of nitrogens with zero attached hydrogens (tertiary/aromatic N) is 2. The van der Waals surface area contributed by atoms with E-state index < -0.39 is 5.97 Å². The molecule has 0 spiro atoms. The predicted molar refractivity (Wildman–Crippen MR) is 55.4 cm³/mol. The van der Waals surface area contributed by atoms with E-state index in [-0.39, 0.29) is 5.69 Å². The van der Waals surface area contributed by atoms with Gasteiger partial charge < -0.3 is 9.67 Å². The van der Waals surface area contributed by atoms with Crippen LogP contribution in [-0.4, -0.2) is 20.6 Å². The summed E-state index contributed by atoms with van der Waals surface area (Å²) in [6.45, 7) is 0. The normalized spacial score (nSPS) is 10.7. The summed E-state index contributed by atoms with van der Waals surface area (Å²) in [5.41, 5.74) is 0.899. The quantitative estimate of drug-likeness (QED) is 0.848. The van der Waals surface area contributed by atoms with Crippen LogP contribution >= 0.6 is 15.9 Å². The van der Waals surface area contributed by atoms with Gasteiger partial charge in [0.05, 0.1) is 0 Å². The Kier molecular flexibility index (Phi) is 2.03. The number of fused-ring (bicyclic) bond motifs is 1. The summed E-state index contributed by atoms with van der Waals surface area (Å²) >= 11 is 3.35. The molecule has 0 aliphatic rings. The zero-order valence-corrected chi connectivity index (χ0v) is 8.95. The molecule has 0 radical (unpaired) electrons. The number of carbonyl (C=O) groups is 1. The van der Waals surface area contributed by atoms with Gasteiger partial charge in [-0.25, -0.2) is 9.78 Å². The first kappa shape index (κ1) is 9.21. The van der Waals surface area contributed by atoms with E-state index in [2.05, 4.69) is 20.9 Å². The third-order valence-corrected chi connectivity index (χ3v) is 2.79. The van der Waals surface area contributed by atoms with Gasteiger partial charge in [0.25, 0.3) is 0 Å². The Morgan fingerprint density at radius 3 is 2.93 bits per heavy atom. The summed E-state index contributed by atoms with van der Waals surface area (Å²) in [7, 11) is 1.69. The van der Waals surface area contributed by atoms with E-state index in [4.69, 9.17) is 5.11 Å². The van der Waals surface area contributed by atoms with Crippen molar-refractivity contribution in [3.8, 4) is 0 Å². The Morgan fingerprint density at radius 2 is 2.36 bits per heavy atom. The van der Waals surface area contributed by atoms with Crippen molar-refractivity contribution in [1.82, 2.24) is 9.55 Å². The van der Waals surface area contributed by atoms with Crippen LogP contribution in [-0.2, 0) is 7.05 Å². The van der Waals surface area contributed by atoms with Crippen LogP contribution in [0.15, 0.2) is 22.8 Å². The lowest BCUT2D eigenvalue weighted by Crippen LogP contribution is -2.03. The van der Waals surface area contributed by atoms with Gasteiger partial charge >= 0.3 is 5.97 Å². The Labute approximate surface area is 88.3 Å². The van der Waals surface area contributed by atoms with Crippen LogP contribution < -0.4 is 0 Å². The first-order valence-corrected chi connectivity index (χ1v) is 4.74. The summed E-state index contributed by atoms with van der Waals surface area (Å²) in [4.78, 5) is 15.0. The van der Waals surface area contributed by atoms with Crippen LogP contribution in [0.3, 0.4) is 0 Å². The van der Waals surface area contributed by atoms with Gasteiger partial charge in [0.1, 0.15) is 11.3 Å². The molecule has 2 aromatic rings. The SMILES string of the molecule is Cn1c(C(=O)O)cc2c(Br)ccnc21. The lowest BCUT2D eigenvalue weighted by molar-refractivity contribution is 0.0687. The number of aryl methyl sites for hydroxylation is 1. The molecule has 1 N–H and O–H groups in total. The van der Waals surface area contributed by atoms with Crippen LogP contribution in [0.4, 0.5) is 0 Å². The Morgan fingerprint density at radius 1 is 1.64 bits per heavy atom. The maximum absolute atomic E-state index is 10.8. The Hall–Kier alpha value is -1.36. The van der Waals surface area contributed by atoms with Crippen molar-refractivity contribution in [1.29, 1.82) is 0 Å². The Balaban J connectivity index is 2.86. The number of hydrogen-bond donors (Lipinski definition) is 1. The van der Waals surface area contributed by atoms with Crippen LogP contribution in [0.25, 0.3) is 11.0 Å². The van der Waals surface area contributed by atoms with E-state index in [0.717, 1.165) is 9.86 Å². The first-order valence-electron chi connectivity index (χ1n) is 3.94. The molecule has 0 amide bonds.